The Labute approximate surface area is 180 Å². The first-order valence-electron chi connectivity index (χ1n) is 9.79. The van der Waals surface area contributed by atoms with Crippen molar-refractivity contribution in [2.45, 2.75) is 32.9 Å². The molecule has 1 saturated heterocycles. The van der Waals surface area contributed by atoms with E-state index >= 15 is 0 Å². The molecule has 1 aromatic rings. The lowest BCUT2D eigenvalue weighted by molar-refractivity contribution is -0.433. The van der Waals surface area contributed by atoms with Crippen LogP contribution in [-0.2, 0) is 11.3 Å². The number of aromatic nitrogens is 1. The van der Waals surface area contributed by atoms with Gasteiger partial charge in [-0.2, -0.15) is 0 Å². The van der Waals surface area contributed by atoms with E-state index in [0.717, 1.165) is 5.56 Å². The molecule has 2 aliphatic heterocycles. The summed E-state index contributed by atoms with van der Waals surface area (Å²) in [6, 6.07) is 3.59. The van der Waals surface area contributed by atoms with Gasteiger partial charge in [-0.1, -0.05) is 17.7 Å². The molecule has 164 valence electrons. The lowest BCUT2D eigenvalue weighted by Crippen LogP contribution is -2.47. The normalized spacial score (nSPS) is 17.2. The highest BCUT2D eigenvalue weighted by Crippen LogP contribution is 2.28. The molecule has 1 N–H and O–H groups in total. The van der Waals surface area contributed by atoms with Crippen molar-refractivity contribution in [2.24, 2.45) is 0 Å². The van der Waals surface area contributed by atoms with Crippen LogP contribution in [0.25, 0.3) is 0 Å². The van der Waals surface area contributed by atoms with Crippen molar-refractivity contribution in [3.63, 3.8) is 0 Å². The number of nitrogens with one attached hydrogen (secondary N) is 1. The zero-order chi connectivity index (χ0) is 21.9. The molecule has 10 nitrogen and oxygen atoms in total. The van der Waals surface area contributed by atoms with Gasteiger partial charge in [0.15, 0.2) is 5.82 Å². The molecule has 0 atom stereocenters. The van der Waals surface area contributed by atoms with E-state index in [1.165, 1.54) is 0 Å². The Morgan fingerprint density at radius 2 is 2.13 bits per heavy atom. The average Bonchev–Trinajstić information content (AvgIpc) is 3.04. The Kier molecular flexibility index (Phi) is 6.67. The van der Waals surface area contributed by atoms with E-state index in [1.807, 2.05) is 20.8 Å². The first-order chi connectivity index (χ1) is 14.1. The quantitative estimate of drug-likeness (QED) is 0.409. The molecule has 0 bridgehead atoms. The summed E-state index contributed by atoms with van der Waals surface area (Å²) in [5.74, 6) is 0.659. The molecule has 3 heterocycles. The predicted octanol–water partition coefficient (Wildman–Crippen LogP) is 2.10. The minimum atomic E-state index is -0.565. The van der Waals surface area contributed by atoms with E-state index in [2.05, 4.69) is 10.3 Å². The number of alkyl carbamates (subject to hydrolysis) is 1. The van der Waals surface area contributed by atoms with Crippen LogP contribution in [0, 0.1) is 10.1 Å². The van der Waals surface area contributed by atoms with E-state index in [1.54, 1.807) is 33.0 Å². The van der Waals surface area contributed by atoms with Crippen LogP contribution in [0.2, 0.25) is 5.15 Å². The number of fused-ring (bicyclic) bond motifs is 1. The van der Waals surface area contributed by atoms with Crippen LogP contribution in [0.15, 0.2) is 29.8 Å². The highest BCUT2D eigenvalue weighted by molar-refractivity contribution is 6.29. The molecule has 0 spiro atoms. The van der Waals surface area contributed by atoms with Crippen molar-refractivity contribution in [1.82, 2.24) is 25.0 Å². The first-order valence-corrected chi connectivity index (χ1v) is 10.2. The number of hydrogen-bond donors (Lipinski definition) is 1. The molecule has 1 amide bonds. The largest absolute Gasteiger partial charge is 0.444 e. The van der Waals surface area contributed by atoms with Gasteiger partial charge in [0.25, 0.3) is 5.70 Å². The van der Waals surface area contributed by atoms with Crippen molar-refractivity contribution < 1.29 is 14.5 Å². The van der Waals surface area contributed by atoms with Gasteiger partial charge in [-0.05, 0) is 32.4 Å². The third kappa shape index (κ3) is 5.73. The summed E-state index contributed by atoms with van der Waals surface area (Å²) in [5.41, 5.74) is 0.544. The van der Waals surface area contributed by atoms with Gasteiger partial charge in [-0.3, -0.25) is 15.0 Å². The topological polar surface area (TPSA) is 104 Å². The van der Waals surface area contributed by atoms with Crippen LogP contribution in [0.4, 0.5) is 4.79 Å². The third-order valence-electron chi connectivity index (χ3n) is 4.72. The first kappa shape index (κ1) is 22.1. The summed E-state index contributed by atoms with van der Waals surface area (Å²) in [4.78, 5) is 33.3. The smallest absolute Gasteiger partial charge is 0.407 e. The molecule has 0 saturated carbocycles. The number of rotatable bonds is 6. The Balaban J connectivity index is 1.63. The number of carbonyl (C=O) groups is 1. The van der Waals surface area contributed by atoms with Crippen molar-refractivity contribution in [1.29, 1.82) is 0 Å². The van der Waals surface area contributed by atoms with Crippen molar-refractivity contribution in [3.8, 4) is 0 Å². The van der Waals surface area contributed by atoms with Crippen molar-refractivity contribution >= 4 is 17.7 Å². The highest BCUT2D eigenvalue weighted by Gasteiger charge is 2.39. The lowest BCUT2D eigenvalue weighted by Gasteiger charge is -2.34. The second-order valence-electron chi connectivity index (χ2n) is 8.32. The number of nitro groups is 1. The SMILES string of the molecule is CC(C)(C)OC(=O)NCCN1CC([N+](=O)[O-])=C2N(Cc3ccc(Cl)nc3)CCN2C1. The number of ether oxygens (including phenoxy) is 1. The predicted molar refractivity (Wildman–Crippen MR) is 111 cm³/mol. The molecule has 2 aliphatic rings. The average molecular weight is 439 g/mol. The van der Waals surface area contributed by atoms with Gasteiger partial charge in [0.1, 0.15) is 10.8 Å². The number of halogens is 1. The lowest BCUT2D eigenvalue weighted by atomic mass is 10.2. The summed E-state index contributed by atoms with van der Waals surface area (Å²) >= 11 is 5.84. The molecule has 1 aromatic heterocycles. The maximum Gasteiger partial charge on any atom is 0.407 e. The van der Waals surface area contributed by atoms with Gasteiger partial charge in [0.05, 0.1) is 18.1 Å². The van der Waals surface area contributed by atoms with Crippen LogP contribution >= 0.6 is 11.6 Å². The number of hydrogen-bond acceptors (Lipinski definition) is 8. The van der Waals surface area contributed by atoms with Crippen LogP contribution in [0.5, 0.6) is 0 Å². The highest BCUT2D eigenvalue weighted by atomic mass is 35.5. The molecule has 0 aromatic carbocycles. The molecule has 11 heteroatoms. The maximum atomic E-state index is 11.8. The third-order valence-corrected chi connectivity index (χ3v) is 4.94. The van der Waals surface area contributed by atoms with Crippen LogP contribution < -0.4 is 5.32 Å². The van der Waals surface area contributed by atoms with E-state index < -0.39 is 11.7 Å². The summed E-state index contributed by atoms with van der Waals surface area (Å²) in [6.07, 6.45) is 1.20. The fraction of sp³-hybridized carbons (Fsp3) is 0.579. The maximum absolute atomic E-state index is 11.8. The van der Waals surface area contributed by atoms with E-state index in [0.29, 0.717) is 50.4 Å². The molecule has 1 fully saturated rings. The number of amides is 1. The van der Waals surface area contributed by atoms with Gasteiger partial charge >= 0.3 is 6.09 Å². The summed E-state index contributed by atoms with van der Waals surface area (Å²) < 4.78 is 5.22. The molecule has 0 unspecified atom stereocenters. The van der Waals surface area contributed by atoms with Crippen LogP contribution in [0.3, 0.4) is 0 Å². The van der Waals surface area contributed by atoms with Crippen LogP contribution in [0.1, 0.15) is 26.3 Å². The summed E-state index contributed by atoms with van der Waals surface area (Å²) in [6.45, 7) is 8.94. The molecular formula is C19H27ClN6O4. The van der Waals surface area contributed by atoms with Gasteiger partial charge in [-0.25, -0.2) is 9.78 Å². The van der Waals surface area contributed by atoms with Gasteiger partial charge in [-0.15, -0.1) is 0 Å². The van der Waals surface area contributed by atoms with Crippen molar-refractivity contribution in [2.75, 3.05) is 39.4 Å². The fourth-order valence-corrected chi connectivity index (χ4v) is 3.64. The second kappa shape index (κ2) is 9.05. The van der Waals surface area contributed by atoms with E-state index in [-0.39, 0.29) is 17.2 Å². The molecule has 3 rings (SSSR count). The van der Waals surface area contributed by atoms with Gasteiger partial charge in [0.2, 0.25) is 0 Å². The molecule has 30 heavy (non-hydrogen) atoms. The van der Waals surface area contributed by atoms with Gasteiger partial charge < -0.3 is 19.9 Å². The fourth-order valence-electron chi connectivity index (χ4n) is 3.52. The zero-order valence-corrected chi connectivity index (χ0v) is 18.2. The molecule has 0 radical (unpaired) electrons. The minimum Gasteiger partial charge on any atom is -0.444 e. The molecular weight excluding hydrogens is 412 g/mol. The number of nitrogens with zero attached hydrogens (tertiary/aromatic N) is 5. The Morgan fingerprint density at radius 1 is 1.37 bits per heavy atom. The summed E-state index contributed by atoms with van der Waals surface area (Å²) in [5, 5.41) is 14.9. The Hall–Kier alpha value is -2.59. The summed E-state index contributed by atoms with van der Waals surface area (Å²) in [7, 11) is 0. The van der Waals surface area contributed by atoms with Crippen molar-refractivity contribution in [3.05, 3.63) is 50.7 Å². The zero-order valence-electron chi connectivity index (χ0n) is 17.4. The van der Waals surface area contributed by atoms with Crippen LogP contribution in [-0.4, -0.2) is 75.7 Å². The minimum absolute atomic E-state index is 0.165. The number of carbonyl (C=O) groups excluding carboxylic acids is 1. The Morgan fingerprint density at radius 3 is 2.77 bits per heavy atom. The number of pyridine rings is 1. The Bertz CT molecular complexity index is 823. The van der Waals surface area contributed by atoms with E-state index in [4.69, 9.17) is 16.3 Å². The van der Waals surface area contributed by atoms with E-state index in [9.17, 15) is 14.9 Å². The van der Waals surface area contributed by atoms with Gasteiger partial charge in [0, 0.05) is 38.9 Å². The molecule has 0 aliphatic carbocycles. The monoisotopic (exact) mass is 438 g/mol. The standard InChI is InChI=1S/C19H27ClN6O4/c1-19(2,3)30-18(27)21-6-7-23-12-15(26(28)29)17-24(8-9-25(17)13-23)11-14-4-5-16(20)22-10-14/h4-5,10H,6-9,11-13H2,1-3H3,(H,21,27). The second-order valence-corrected chi connectivity index (χ2v) is 8.71.